The Morgan fingerprint density at radius 1 is 1.43 bits per heavy atom. The number of likely N-dealkylation sites (tertiary alicyclic amines) is 1. The second-order valence-electron chi connectivity index (χ2n) is 7.39. The molecule has 1 atom stereocenters. The van der Waals surface area contributed by atoms with E-state index in [1.54, 1.807) is 23.4 Å². The van der Waals surface area contributed by atoms with Gasteiger partial charge in [-0.3, -0.25) is 4.98 Å². The minimum absolute atomic E-state index is 0.286. The van der Waals surface area contributed by atoms with E-state index in [9.17, 15) is 9.90 Å². The Bertz CT molecular complexity index is 589. The summed E-state index contributed by atoms with van der Waals surface area (Å²) in [5, 5.41) is 10.4. The third-order valence-corrected chi connectivity index (χ3v) is 4.39. The molecule has 1 unspecified atom stereocenters. The monoisotopic (exact) mass is 320 g/mol. The maximum absolute atomic E-state index is 12.2. The molecule has 1 amide bonds. The van der Waals surface area contributed by atoms with Crippen molar-refractivity contribution in [3.05, 3.63) is 24.0 Å². The van der Waals surface area contributed by atoms with Crippen LogP contribution in [0.5, 0.6) is 5.75 Å². The molecule has 6 heteroatoms. The summed E-state index contributed by atoms with van der Waals surface area (Å²) >= 11 is 0. The van der Waals surface area contributed by atoms with Gasteiger partial charge in [0.05, 0.1) is 12.3 Å². The van der Waals surface area contributed by atoms with Crippen LogP contribution < -0.4 is 4.74 Å². The number of carbonyl (C=O) groups is 1. The Morgan fingerprint density at radius 3 is 2.78 bits per heavy atom. The number of nitrogens with zero attached hydrogens (tertiary/aromatic N) is 2. The second kappa shape index (κ2) is 5.67. The fourth-order valence-corrected chi connectivity index (χ4v) is 3.22. The van der Waals surface area contributed by atoms with Gasteiger partial charge in [0, 0.05) is 44.1 Å². The third-order valence-electron chi connectivity index (χ3n) is 4.39. The van der Waals surface area contributed by atoms with Gasteiger partial charge >= 0.3 is 6.09 Å². The number of hydrogen-bond donors (Lipinski definition) is 1. The molecule has 1 fully saturated rings. The number of hydrogen-bond acceptors (Lipinski definition) is 5. The molecule has 0 bridgehead atoms. The van der Waals surface area contributed by atoms with Crippen LogP contribution in [0.25, 0.3) is 0 Å². The molecule has 0 radical (unpaired) electrons. The summed E-state index contributed by atoms with van der Waals surface area (Å²) in [4.78, 5) is 17.9. The van der Waals surface area contributed by atoms with Crippen molar-refractivity contribution in [1.29, 1.82) is 0 Å². The molecule has 2 aliphatic heterocycles. The first-order valence-electron chi connectivity index (χ1n) is 8.07. The lowest BCUT2D eigenvalue weighted by Crippen LogP contribution is -2.52. The van der Waals surface area contributed by atoms with Crippen molar-refractivity contribution in [2.45, 2.75) is 57.3 Å². The minimum atomic E-state index is -0.546. The van der Waals surface area contributed by atoms with E-state index < -0.39 is 17.3 Å². The van der Waals surface area contributed by atoms with Gasteiger partial charge in [-0.25, -0.2) is 4.79 Å². The van der Waals surface area contributed by atoms with Crippen LogP contribution in [-0.4, -0.2) is 45.4 Å². The van der Waals surface area contributed by atoms with Crippen molar-refractivity contribution in [2.75, 3.05) is 13.1 Å². The topological polar surface area (TPSA) is 71.9 Å². The fraction of sp³-hybridized carbons (Fsp3) is 0.647. The number of ether oxygens (including phenoxy) is 2. The van der Waals surface area contributed by atoms with Crippen molar-refractivity contribution in [3.63, 3.8) is 0 Å². The van der Waals surface area contributed by atoms with Crippen molar-refractivity contribution in [3.8, 4) is 5.75 Å². The standard InChI is InChI=1S/C17H24N2O4/c1-16(2,3)23-15(21)19-8-5-17(6-9-19)10-13(20)12-4-7-18-11-14(12)22-17/h4,7,11,13,20H,5-6,8-10H2,1-3H3. The van der Waals surface area contributed by atoms with E-state index in [4.69, 9.17) is 9.47 Å². The average Bonchev–Trinajstić information content (AvgIpc) is 2.46. The maximum atomic E-state index is 12.2. The molecule has 0 saturated carbocycles. The van der Waals surface area contributed by atoms with Crippen LogP contribution in [0, 0.1) is 0 Å². The zero-order chi connectivity index (χ0) is 16.7. The Morgan fingerprint density at radius 2 is 2.13 bits per heavy atom. The van der Waals surface area contributed by atoms with E-state index in [0.717, 1.165) is 5.56 Å². The Kier molecular flexibility index (Phi) is 3.96. The number of piperidine rings is 1. The minimum Gasteiger partial charge on any atom is -0.485 e. The molecule has 1 saturated heterocycles. The molecule has 2 aliphatic rings. The second-order valence-corrected chi connectivity index (χ2v) is 7.39. The molecule has 3 rings (SSSR count). The summed E-state index contributed by atoms with van der Waals surface area (Å²) in [6.45, 7) is 6.72. The van der Waals surface area contributed by atoms with E-state index in [0.29, 0.717) is 38.1 Å². The summed E-state index contributed by atoms with van der Waals surface area (Å²) in [5.74, 6) is 0.650. The van der Waals surface area contributed by atoms with Gasteiger partial charge in [0.1, 0.15) is 17.0 Å². The molecule has 0 aliphatic carbocycles. The summed E-state index contributed by atoms with van der Waals surface area (Å²) in [7, 11) is 0. The largest absolute Gasteiger partial charge is 0.485 e. The highest BCUT2D eigenvalue weighted by Crippen LogP contribution is 2.43. The number of aromatic nitrogens is 1. The number of aliphatic hydroxyl groups excluding tert-OH is 1. The quantitative estimate of drug-likeness (QED) is 0.795. The lowest BCUT2D eigenvalue weighted by atomic mass is 9.82. The number of fused-ring (bicyclic) bond motifs is 1. The van der Waals surface area contributed by atoms with E-state index in [1.807, 2.05) is 20.8 Å². The van der Waals surface area contributed by atoms with Crippen LogP contribution in [0.15, 0.2) is 18.5 Å². The average molecular weight is 320 g/mol. The summed E-state index contributed by atoms with van der Waals surface area (Å²) in [6, 6.07) is 1.79. The van der Waals surface area contributed by atoms with Crippen molar-refractivity contribution < 1.29 is 19.4 Å². The van der Waals surface area contributed by atoms with Crippen LogP contribution in [0.3, 0.4) is 0 Å². The van der Waals surface area contributed by atoms with Crippen LogP contribution >= 0.6 is 0 Å². The van der Waals surface area contributed by atoms with Gasteiger partial charge in [-0.1, -0.05) is 0 Å². The molecule has 126 valence electrons. The number of aliphatic hydroxyl groups is 1. The molecule has 23 heavy (non-hydrogen) atoms. The number of amides is 1. The molecule has 1 aromatic heterocycles. The summed E-state index contributed by atoms with van der Waals surface area (Å²) in [6.07, 6.45) is 4.39. The van der Waals surface area contributed by atoms with Crippen LogP contribution in [0.4, 0.5) is 4.79 Å². The smallest absolute Gasteiger partial charge is 0.410 e. The van der Waals surface area contributed by atoms with Crippen LogP contribution in [-0.2, 0) is 4.74 Å². The molecule has 3 heterocycles. The maximum Gasteiger partial charge on any atom is 0.410 e. The summed E-state index contributed by atoms with van der Waals surface area (Å²) < 4.78 is 11.6. The predicted octanol–water partition coefficient (Wildman–Crippen LogP) is 2.67. The third kappa shape index (κ3) is 3.42. The first kappa shape index (κ1) is 16.1. The molecule has 1 aromatic rings. The normalized spacial score (nSPS) is 23.1. The Hall–Kier alpha value is -1.82. The first-order valence-corrected chi connectivity index (χ1v) is 8.07. The van der Waals surface area contributed by atoms with Crippen molar-refractivity contribution in [2.24, 2.45) is 0 Å². The van der Waals surface area contributed by atoms with Gasteiger partial charge in [-0.2, -0.15) is 0 Å². The van der Waals surface area contributed by atoms with E-state index >= 15 is 0 Å². The number of pyridine rings is 1. The molecular formula is C17H24N2O4. The SMILES string of the molecule is CC(C)(C)OC(=O)N1CCC2(CC1)CC(O)c1ccncc1O2. The number of carbonyl (C=O) groups excluding carboxylic acids is 1. The van der Waals surface area contributed by atoms with Gasteiger partial charge in [-0.05, 0) is 26.8 Å². The first-order chi connectivity index (χ1) is 10.8. The molecule has 6 nitrogen and oxygen atoms in total. The predicted molar refractivity (Wildman–Crippen MR) is 84.2 cm³/mol. The Labute approximate surface area is 136 Å². The van der Waals surface area contributed by atoms with Gasteiger partial charge in [-0.15, -0.1) is 0 Å². The number of rotatable bonds is 0. The van der Waals surface area contributed by atoms with Gasteiger partial charge < -0.3 is 19.5 Å². The highest BCUT2D eigenvalue weighted by atomic mass is 16.6. The lowest BCUT2D eigenvalue weighted by Gasteiger charge is -2.45. The van der Waals surface area contributed by atoms with Gasteiger partial charge in [0.15, 0.2) is 0 Å². The highest BCUT2D eigenvalue weighted by molar-refractivity contribution is 5.68. The molecule has 1 N–H and O–H groups in total. The summed E-state index contributed by atoms with van der Waals surface area (Å²) in [5.41, 5.74) is -0.123. The lowest BCUT2D eigenvalue weighted by molar-refractivity contribution is -0.0571. The van der Waals surface area contributed by atoms with Crippen LogP contribution in [0.1, 0.15) is 51.7 Å². The van der Waals surface area contributed by atoms with Gasteiger partial charge in [0.25, 0.3) is 0 Å². The van der Waals surface area contributed by atoms with Crippen molar-refractivity contribution in [1.82, 2.24) is 9.88 Å². The van der Waals surface area contributed by atoms with Crippen LogP contribution in [0.2, 0.25) is 0 Å². The van der Waals surface area contributed by atoms with Crippen molar-refractivity contribution >= 4 is 6.09 Å². The molecule has 1 spiro atoms. The zero-order valence-electron chi connectivity index (χ0n) is 13.9. The van der Waals surface area contributed by atoms with E-state index in [1.165, 1.54) is 0 Å². The highest BCUT2D eigenvalue weighted by Gasteiger charge is 2.44. The Balaban J connectivity index is 1.66. The zero-order valence-corrected chi connectivity index (χ0v) is 13.9. The van der Waals surface area contributed by atoms with E-state index in [-0.39, 0.29) is 6.09 Å². The van der Waals surface area contributed by atoms with Gasteiger partial charge in [0.2, 0.25) is 0 Å². The molecular weight excluding hydrogens is 296 g/mol. The van der Waals surface area contributed by atoms with E-state index in [2.05, 4.69) is 4.98 Å². The fourth-order valence-electron chi connectivity index (χ4n) is 3.22. The molecule has 0 aromatic carbocycles.